The zero-order valence-corrected chi connectivity index (χ0v) is 20.3. The van der Waals surface area contributed by atoms with E-state index in [0.717, 1.165) is 28.2 Å². The monoisotopic (exact) mass is 475 g/mol. The summed E-state index contributed by atoms with van der Waals surface area (Å²) in [5.41, 5.74) is 10.4. The summed E-state index contributed by atoms with van der Waals surface area (Å²) in [5.74, 6) is 0. The Kier molecular flexibility index (Phi) is 6.25. The summed E-state index contributed by atoms with van der Waals surface area (Å²) in [7, 11) is 0. The van der Waals surface area contributed by atoms with Crippen LogP contribution in [0.5, 0.6) is 0 Å². The molecule has 0 saturated carbocycles. The molecule has 0 amide bonds. The van der Waals surface area contributed by atoms with Gasteiger partial charge >= 0.3 is 0 Å². The molecule has 0 spiro atoms. The van der Waals surface area contributed by atoms with E-state index in [-0.39, 0.29) is 0 Å². The van der Waals surface area contributed by atoms with Gasteiger partial charge in [-0.05, 0) is 94.0 Å². The summed E-state index contributed by atoms with van der Waals surface area (Å²) < 4.78 is 0. The Morgan fingerprint density at radius 2 is 0.595 bits per heavy atom. The first kappa shape index (κ1) is 22.4. The predicted octanol–water partition coefficient (Wildman–Crippen LogP) is 8.95. The highest BCUT2D eigenvalue weighted by molar-refractivity contribution is 5.81. The summed E-state index contributed by atoms with van der Waals surface area (Å²) >= 11 is 0. The molecule has 0 N–H and O–H groups in total. The third-order valence-electron chi connectivity index (χ3n) is 6.51. The number of pyridine rings is 2. The molecule has 0 fully saturated rings. The summed E-state index contributed by atoms with van der Waals surface area (Å²) in [4.78, 5) is 10.6. The average Bonchev–Trinajstić information content (AvgIpc) is 3.00. The van der Waals surface area contributed by atoms with Gasteiger partial charge in [-0.25, -0.2) is 0 Å². The Hall–Kier alpha value is -5.02. The van der Waals surface area contributed by atoms with E-state index < -0.39 is 0 Å². The van der Waals surface area contributed by atoms with Crippen LogP contribution in [0.25, 0.3) is 33.4 Å². The number of rotatable bonds is 6. The highest BCUT2D eigenvalue weighted by atomic mass is 15.1. The molecule has 0 unspecified atom stereocenters. The SMILES string of the molecule is c1ccc(-c2ccc(N(c3ccc(-c4ccncc4)cc3)c3ccc(-c4ccncc4)cc3)cc2)cc1. The molecule has 4 aromatic carbocycles. The van der Waals surface area contributed by atoms with Crippen molar-refractivity contribution in [2.75, 3.05) is 4.90 Å². The van der Waals surface area contributed by atoms with E-state index >= 15 is 0 Å². The van der Waals surface area contributed by atoms with Gasteiger partial charge in [0.1, 0.15) is 0 Å². The van der Waals surface area contributed by atoms with Crippen molar-refractivity contribution in [2.24, 2.45) is 0 Å². The van der Waals surface area contributed by atoms with Crippen LogP contribution < -0.4 is 4.90 Å². The van der Waals surface area contributed by atoms with E-state index in [2.05, 4.69) is 112 Å². The molecule has 2 heterocycles. The first-order valence-electron chi connectivity index (χ1n) is 12.3. The third kappa shape index (κ3) is 4.89. The molecule has 3 nitrogen and oxygen atoms in total. The Bertz CT molecular complexity index is 1360. The molecule has 3 heteroatoms. The smallest absolute Gasteiger partial charge is 0.0462 e. The highest BCUT2D eigenvalue weighted by Gasteiger charge is 2.13. The lowest BCUT2D eigenvalue weighted by molar-refractivity contribution is 1.28. The van der Waals surface area contributed by atoms with Crippen LogP contribution in [0.2, 0.25) is 0 Å². The molecule has 0 radical (unpaired) electrons. The first-order chi connectivity index (χ1) is 18.3. The fourth-order valence-electron chi connectivity index (χ4n) is 4.58. The van der Waals surface area contributed by atoms with Crippen molar-refractivity contribution in [3.05, 3.63) is 152 Å². The molecule has 0 aliphatic carbocycles. The molecular weight excluding hydrogens is 450 g/mol. The van der Waals surface area contributed by atoms with Crippen LogP contribution in [0.4, 0.5) is 17.1 Å². The summed E-state index contributed by atoms with van der Waals surface area (Å²) in [6.07, 6.45) is 7.31. The largest absolute Gasteiger partial charge is 0.311 e. The maximum Gasteiger partial charge on any atom is 0.0462 e. The van der Waals surface area contributed by atoms with Crippen LogP contribution in [0, 0.1) is 0 Å². The fourth-order valence-corrected chi connectivity index (χ4v) is 4.58. The third-order valence-corrected chi connectivity index (χ3v) is 6.51. The van der Waals surface area contributed by atoms with Crippen LogP contribution in [0.1, 0.15) is 0 Å². The van der Waals surface area contributed by atoms with Gasteiger partial charge in [0.05, 0.1) is 0 Å². The average molecular weight is 476 g/mol. The molecule has 176 valence electrons. The molecule has 2 aromatic heterocycles. The second kappa shape index (κ2) is 10.3. The van der Waals surface area contributed by atoms with Crippen molar-refractivity contribution in [1.29, 1.82) is 0 Å². The molecule has 0 aliphatic rings. The predicted molar refractivity (Wildman–Crippen MR) is 153 cm³/mol. The number of hydrogen-bond donors (Lipinski definition) is 0. The number of aromatic nitrogens is 2. The minimum atomic E-state index is 1.10. The van der Waals surface area contributed by atoms with E-state index in [9.17, 15) is 0 Å². The zero-order chi connectivity index (χ0) is 24.9. The lowest BCUT2D eigenvalue weighted by Crippen LogP contribution is -2.09. The molecule has 0 saturated heterocycles. The molecule has 6 aromatic rings. The molecular formula is C34H25N3. The molecule has 37 heavy (non-hydrogen) atoms. The second-order valence-electron chi connectivity index (χ2n) is 8.81. The van der Waals surface area contributed by atoms with Gasteiger partial charge < -0.3 is 4.90 Å². The van der Waals surface area contributed by atoms with E-state index in [1.807, 2.05) is 55.1 Å². The molecule has 0 bridgehead atoms. The van der Waals surface area contributed by atoms with Crippen molar-refractivity contribution in [2.45, 2.75) is 0 Å². The Labute approximate surface area is 217 Å². The van der Waals surface area contributed by atoms with Gasteiger partial charge in [0, 0.05) is 41.8 Å². The van der Waals surface area contributed by atoms with Crippen LogP contribution in [-0.2, 0) is 0 Å². The standard InChI is InChI=1S/C34H25N3/c1-2-4-26(5-3-1)27-6-12-32(13-7-27)37(33-14-8-28(9-15-33)30-18-22-35-23-19-30)34-16-10-29(11-17-34)31-20-24-36-25-21-31/h1-25H. The van der Waals surface area contributed by atoms with Crippen molar-refractivity contribution in [3.63, 3.8) is 0 Å². The first-order valence-corrected chi connectivity index (χ1v) is 12.3. The lowest BCUT2D eigenvalue weighted by atomic mass is 10.0. The minimum absolute atomic E-state index is 1.10. The van der Waals surface area contributed by atoms with Crippen LogP contribution >= 0.6 is 0 Å². The van der Waals surface area contributed by atoms with Gasteiger partial charge in [-0.1, -0.05) is 66.7 Å². The highest BCUT2D eigenvalue weighted by Crippen LogP contribution is 2.37. The van der Waals surface area contributed by atoms with Gasteiger partial charge in [0.25, 0.3) is 0 Å². The maximum atomic E-state index is 4.14. The Balaban J connectivity index is 1.38. The maximum absolute atomic E-state index is 4.14. The van der Waals surface area contributed by atoms with Gasteiger partial charge in [0.15, 0.2) is 0 Å². The Morgan fingerprint density at radius 1 is 0.297 bits per heavy atom. The van der Waals surface area contributed by atoms with Crippen molar-refractivity contribution in [3.8, 4) is 33.4 Å². The van der Waals surface area contributed by atoms with E-state index in [1.165, 1.54) is 22.3 Å². The van der Waals surface area contributed by atoms with Gasteiger partial charge in [-0.15, -0.1) is 0 Å². The van der Waals surface area contributed by atoms with Crippen molar-refractivity contribution >= 4 is 17.1 Å². The normalized spacial score (nSPS) is 10.7. The molecule has 0 atom stereocenters. The number of benzene rings is 4. The zero-order valence-electron chi connectivity index (χ0n) is 20.3. The van der Waals surface area contributed by atoms with Gasteiger partial charge in [-0.3, -0.25) is 9.97 Å². The quantitative estimate of drug-likeness (QED) is 0.241. The van der Waals surface area contributed by atoms with E-state index in [4.69, 9.17) is 0 Å². The molecule has 6 rings (SSSR count). The van der Waals surface area contributed by atoms with E-state index in [0.29, 0.717) is 0 Å². The molecule has 0 aliphatic heterocycles. The van der Waals surface area contributed by atoms with Gasteiger partial charge in [-0.2, -0.15) is 0 Å². The summed E-state index contributed by atoms with van der Waals surface area (Å²) in [6.45, 7) is 0. The number of nitrogens with zero attached hydrogens (tertiary/aromatic N) is 3. The Morgan fingerprint density at radius 3 is 0.946 bits per heavy atom. The fraction of sp³-hybridized carbons (Fsp3) is 0. The second-order valence-corrected chi connectivity index (χ2v) is 8.81. The lowest BCUT2D eigenvalue weighted by Gasteiger charge is -2.26. The van der Waals surface area contributed by atoms with Crippen LogP contribution in [0.3, 0.4) is 0 Å². The van der Waals surface area contributed by atoms with Crippen LogP contribution in [0.15, 0.2) is 152 Å². The number of anilines is 3. The van der Waals surface area contributed by atoms with Crippen molar-refractivity contribution < 1.29 is 0 Å². The topological polar surface area (TPSA) is 29.0 Å². The summed E-state index contributed by atoms with van der Waals surface area (Å²) in [6, 6.07) is 44.8. The van der Waals surface area contributed by atoms with Crippen molar-refractivity contribution in [1.82, 2.24) is 9.97 Å². The summed E-state index contributed by atoms with van der Waals surface area (Å²) in [5, 5.41) is 0. The van der Waals surface area contributed by atoms with Gasteiger partial charge in [0.2, 0.25) is 0 Å². The number of hydrogen-bond acceptors (Lipinski definition) is 3. The van der Waals surface area contributed by atoms with Crippen LogP contribution in [-0.4, -0.2) is 9.97 Å². The van der Waals surface area contributed by atoms with E-state index in [1.54, 1.807) is 0 Å². The minimum Gasteiger partial charge on any atom is -0.311 e.